The monoisotopic (exact) mass is 280 g/mol. The normalized spacial score (nSPS) is 10.6. The molecular weight excluding hydrogens is 262 g/mol. The summed E-state index contributed by atoms with van der Waals surface area (Å²) < 4.78 is 7.13. The summed E-state index contributed by atoms with van der Waals surface area (Å²) in [5.41, 5.74) is 2.56. The molecule has 1 heterocycles. The van der Waals surface area contributed by atoms with Gasteiger partial charge < -0.3 is 4.74 Å². The van der Waals surface area contributed by atoms with Crippen LogP contribution in [0.4, 0.5) is 0 Å². The summed E-state index contributed by atoms with van der Waals surface area (Å²) in [5, 5.41) is 0. The highest BCUT2D eigenvalue weighted by Gasteiger charge is 2.04. The Morgan fingerprint density at radius 1 is 1.05 bits per heavy atom. The van der Waals surface area contributed by atoms with E-state index in [2.05, 4.69) is 6.58 Å². The van der Waals surface area contributed by atoms with E-state index in [1.807, 2.05) is 60.4 Å². The first-order valence-corrected chi connectivity index (χ1v) is 6.66. The van der Waals surface area contributed by atoms with E-state index in [1.165, 1.54) is 0 Å². The highest BCUT2D eigenvalue weighted by Crippen LogP contribution is 2.15. The van der Waals surface area contributed by atoms with Crippen molar-refractivity contribution in [2.24, 2.45) is 7.05 Å². The number of benzene rings is 1. The average molecular weight is 280 g/mol. The van der Waals surface area contributed by atoms with Crippen LogP contribution in [0.25, 0.3) is 12.2 Å². The maximum absolute atomic E-state index is 11.4. The van der Waals surface area contributed by atoms with Crippen LogP contribution in [0, 0.1) is 0 Å². The molecule has 0 saturated carbocycles. The lowest BCUT2D eigenvalue weighted by Gasteiger charge is -2.03. The fraction of sp³-hybridized carbons (Fsp3) is 0.111. The molecule has 0 aliphatic rings. The van der Waals surface area contributed by atoms with Crippen molar-refractivity contribution in [2.75, 3.05) is 0 Å². The molecule has 0 saturated heterocycles. The Hall–Kier alpha value is -2.68. The molecule has 0 aliphatic heterocycles. The summed E-state index contributed by atoms with van der Waals surface area (Å²) in [6.45, 7) is 5.17. The first-order chi connectivity index (χ1) is 10.0. The number of hydrogen-bond acceptors (Lipinski definition) is 2. The first kappa shape index (κ1) is 14.7. The summed E-state index contributed by atoms with van der Waals surface area (Å²) in [6.07, 6.45) is 8.05. The number of hydrogen-bond donors (Lipinski definition) is 0. The molecule has 1 aromatic carbocycles. The minimum absolute atomic E-state index is 0.385. The molecule has 106 valence electrons. The van der Waals surface area contributed by atoms with Gasteiger partial charge in [-0.25, -0.2) is 9.36 Å². The molecule has 0 atom stereocenters. The van der Waals surface area contributed by atoms with Crippen molar-refractivity contribution in [3.63, 3.8) is 0 Å². The minimum Gasteiger partial charge on any atom is -0.423 e. The standard InChI is InChI=1S/C18H18NO2/c1-14(2)18(20)21-17-8-6-15(7-9-17)4-5-16-10-12-19(3)13-11-16/h4-13H,1H2,2-3H3/q+1. The van der Waals surface area contributed by atoms with Crippen molar-refractivity contribution in [3.8, 4) is 5.75 Å². The van der Waals surface area contributed by atoms with Crippen molar-refractivity contribution in [1.82, 2.24) is 0 Å². The number of carbonyl (C=O) groups is 1. The number of aromatic nitrogens is 1. The fourth-order valence-electron chi connectivity index (χ4n) is 1.66. The second-order valence-corrected chi connectivity index (χ2v) is 4.87. The average Bonchev–Trinajstić information content (AvgIpc) is 2.48. The van der Waals surface area contributed by atoms with Crippen LogP contribution >= 0.6 is 0 Å². The second kappa shape index (κ2) is 6.66. The Morgan fingerprint density at radius 2 is 1.57 bits per heavy atom. The van der Waals surface area contributed by atoms with Gasteiger partial charge in [0.2, 0.25) is 0 Å². The maximum atomic E-state index is 11.4. The van der Waals surface area contributed by atoms with Crippen LogP contribution in [0.5, 0.6) is 5.75 Å². The Morgan fingerprint density at radius 3 is 2.10 bits per heavy atom. The smallest absolute Gasteiger partial charge is 0.338 e. The second-order valence-electron chi connectivity index (χ2n) is 4.87. The van der Waals surface area contributed by atoms with E-state index < -0.39 is 5.97 Å². The van der Waals surface area contributed by atoms with Gasteiger partial charge in [0.1, 0.15) is 12.8 Å². The van der Waals surface area contributed by atoms with Crippen LogP contribution < -0.4 is 9.30 Å². The van der Waals surface area contributed by atoms with Crippen molar-refractivity contribution < 1.29 is 14.1 Å². The van der Waals surface area contributed by atoms with E-state index in [1.54, 1.807) is 19.1 Å². The molecular formula is C18H18NO2+. The van der Waals surface area contributed by atoms with Gasteiger partial charge in [0.25, 0.3) is 0 Å². The Bertz CT molecular complexity index is 667. The Labute approximate surface area is 124 Å². The van der Waals surface area contributed by atoms with Crippen LogP contribution in [0.1, 0.15) is 18.1 Å². The number of rotatable bonds is 4. The quantitative estimate of drug-likeness (QED) is 0.373. The molecule has 2 rings (SSSR count). The van der Waals surface area contributed by atoms with E-state index in [0.29, 0.717) is 11.3 Å². The van der Waals surface area contributed by atoms with Crippen molar-refractivity contribution in [2.45, 2.75) is 6.92 Å². The maximum Gasteiger partial charge on any atom is 0.338 e. The van der Waals surface area contributed by atoms with Crippen LogP contribution in [-0.2, 0) is 11.8 Å². The SMILES string of the molecule is C=C(C)C(=O)Oc1ccc(C=Cc2cc[n+](C)cc2)cc1. The highest BCUT2D eigenvalue weighted by molar-refractivity contribution is 5.88. The topological polar surface area (TPSA) is 30.2 Å². The molecule has 2 aromatic rings. The molecule has 0 amide bonds. The number of carbonyl (C=O) groups excluding carboxylic acids is 1. The Balaban J connectivity index is 2.03. The molecule has 0 bridgehead atoms. The van der Waals surface area contributed by atoms with Gasteiger partial charge in [0.05, 0.1) is 0 Å². The molecule has 21 heavy (non-hydrogen) atoms. The van der Waals surface area contributed by atoms with Gasteiger partial charge in [-0.2, -0.15) is 0 Å². The summed E-state index contributed by atoms with van der Waals surface area (Å²) >= 11 is 0. The minimum atomic E-state index is -0.407. The van der Waals surface area contributed by atoms with Gasteiger partial charge in [-0.15, -0.1) is 0 Å². The van der Waals surface area contributed by atoms with Gasteiger partial charge in [0, 0.05) is 17.7 Å². The Kier molecular flexibility index (Phi) is 4.67. The summed E-state index contributed by atoms with van der Waals surface area (Å²) in [7, 11) is 1.98. The zero-order valence-electron chi connectivity index (χ0n) is 12.2. The fourth-order valence-corrected chi connectivity index (χ4v) is 1.66. The van der Waals surface area contributed by atoms with Crippen molar-refractivity contribution in [3.05, 3.63) is 72.1 Å². The molecule has 0 fully saturated rings. The van der Waals surface area contributed by atoms with Crippen LogP contribution in [0.2, 0.25) is 0 Å². The molecule has 3 heteroatoms. The highest BCUT2D eigenvalue weighted by atomic mass is 16.5. The predicted molar refractivity (Wildman–Crippen MR) is 83.4 cm³/mol. The molecule has 0 unspecified atom stereocenters. The van der Waals surface area contributed by atoms with E-state index in [4.69, 9.17) is 4.74 Å². The lowest BCUT2D eigenvalue weighted by molar-refractivity contribution is -0.671. The van der Waals surface area contributed by atoms with Gasteiger partial charge in [-0.05, 0) is 30.2 Å². The number of nitrogens with zero attached hydrogens (tertiary/aromatic N) is 1. The zero-order chi connectivity index (χ0) is 15.2. The third-order valence-electron chi connectivity index (χ3n) is 2.91. The molecule has 0 N–H and O–H groups in total. The van der Waals surface area contributed by atoms with E-state index in [-0.39, 0.29) is 0 Å². The van der Waals surface area contributed by atoms with Gasteiger partial charge >= 0.3 is 5.97 Å². The van der Waals surface area contributed by atoms with Crippen molar-refractivity contribution >= 4 is 18.1 Å². The van der Waals surface area contributed by atoms with Gasteiger partial charge in [-0.3, -0.25) is 0 Å². The molecule has 0 radical (unpaired) electrons. The summed E-state index contributed by atoms with van der Waals surface area (Å²) in [4.78, 5) is 11.4. The summed E-state index contributed by atoms with van der Waals surface area (Å²) in [6, 6.07) is 11.4. The third-order valence-corrected chi connectivity index (χ3v) is 2.91. The largest absolute Gasteiger partial charge is 0.423 e. The predicted octanol–water partition coefficient (Wildman–Crippen LogP) is 3.16. The number of ether oxygens (including phenoxy) is 1. The lowest BCUT2D eigenvalue weighted by atomic mass is 10.1. The number of aryl methyl sites for hydroxylation is 1. The molecule has 1 aromatic heterocycles. The first-order valence-electron chi connectivity index (χ1n) is 6.66. The summed E-state index contributed by atoms with van der Waals surface area (Å²) in [5.74, 6) is 0.113. The van der Waals surface area contributed by atoms with Gasteiger partial charge in [0.15, 0.2) is 12.4 Å². The number of pyridine rings is 1. The van der Waals surface area contributed by atoms with E-state index in [9.17, 15) is 4.79 Å². The van der Waals surface area contributed by atoms with Crippen LogP contribution in [0.15, 0.2) is 60.9 Å². The zero-order valence-corrected chi connectivity index (χ0v) is 12.2. The third kappa shape index (κ3) is 4.42. The number of esters is 1. The van der Waals surface area contributed by atoms with Gasteiger partial charge in [-0.1, -0.05) is 30.9 Å². The molecule has 0 aliphatic carbocycles. The van der Waals surface area contributed by atoms with E-state index >= 15 is 0 Å². The lowest BCUT2D eigenvalue weighted by Crippen LogP contribution is -2.25. The van der Waals surface area contributed by atoms with E-state index in [0.717, 1.165) is 11.1 Å². The molecule has 3 nitrogen and oxygen atoms in total. The van der Waals surface area contributed by atoms with Crippen molar-refractivity contribution in [1.29, 1.82) is 0 Å². The van der Waals surface area contributed by atoms with Crippen LogP contribution in [-0.4, -0.2) is 5.97 Å². The van der Waals surface area contributed by atoms with Crippen LogP contribution in [0.3, 0.4) is 0 Å². The molecule has 0 spiro atoms.